The van der Waals surface area contributed by atoms with Crippen LogP contribution in [-0.2, 0) is 4.74 Å². The average molecular weight is 503 g/mol. The van der Waals surface area contributed by atoms with E-state index in [2.05, 4.69) is 0 Å². The van der Waals surface area contributed by atoms with Crippen molar-refractivity contribution in [1.29, 1.82) is 0 Å². The second-order valence-electron chi connectivity index (χ2n) is 6.96. The maximum absolute atomic E-state index is 11.1. The summed E-state index contributed by atoms with van der Waals surface area (Å²) in [6.45, 7) is 2.35. The maximum atomic E-state index is 11.1. The van der Waals surface area contributed by atoms with E-state index in [1.54, 1.807) is 31.1 Å². The van der Waals surface area contributed by atoms with Gasteiger partial charge in [-0.25, -0.2) is 0 Å². The Balaban J connectivity index is 0.000000238. The highest BCUT2D eigenvalue weighted by Crippen LogP contribution is 2.38. The van der Waals surface area contributed by atoms with Crippen molar-refractivity contribution in [2.24, 2.45) is 0 Å². The lowest BCUT2D eigenvalue weighted by atomic mass is 10.2. The van der Waals surface area contributed by atoms with Gasteiger partial charge >= 0.3 is 0 Å². The van der Waals surface area contributed by atoms with E-state index in [0.717, 1.165) is 0 Å². The van der Waals surface area contributed by atoms with Crippen LogP contribution >= 0.6 is 23.2 Å². The second kappa shape index (κ2) is 11.7. The fourth-order valence-corrected chi connectivity index (χ4v) is 3.56. The van der Waals surface area contributed by atoms with E-state index >= 15 is 0 Å². The molecule has 0 aromatic heterocycles. The Morgan fingerprint density at radius 2 is 1.39 bits per heavy atom. The number of hydrogen-bond donors (Lipinski definition) is 0. The van der Waals surface area contributed by atoms with Crippen molar-refractivity contribution in [3.05, 3.63) is 54.5 Å². The summed E-state index contributed by atoms with van der Waals surface area (Å²) in [5.41, 5.74) is 0.930. The van der Waals surface area contributed by atoms with Gasteiger partial charge in [-0.05, 0) is 0 Å². The molecular weight excluding hydrogens is 479 g/mol. The molecule has 1 aliphatic rings. The molecule has 0 radical (unpaired) electrons. The molecule has 0 bridgehead atoms. The number of ether oxygens (including phenoxy) is 3. The van der Waals surface area contributed by atoms with Gasteiger partial charge in [0.1, 0.15) is 22.9 Å². The van der Waals surface area contributed by atoms with Gasteiger partial charge < -0.3 is 24.0 Å². The van der Waals surface area contributed by atoms with Crippen molar-refractivity contribution >= 4 is 46.0 Å². The monoisotopic (exact) mass is 502 g/mol. The summed E-state index contributed by atoms with van der Waals surface area (Å²) in [7, 11) is 6.38. The quantitative estimate of drug-likeness (QED) is 0.417. The summed E-state index contributed by atoms with van der Waals surface area (Å²) in [6.07, 6.45) is 0. The Morgan fingerprint density at radius 3 is 1.85 bits per heavy atom. The molecule has 1 aliphatic heterocycles. The standard InChI is InChI=1S/C11H13ClN2O4.C9H11ClN2O3/c1-17-11-7-9(13-2-4-18-5-3-13)10(14(15)16)6-8(11)12;1-11(2)7-5-9(15-3)6(10)4-8(7)12(13)14/h6-7H,2-5H2,1H3;4-5H,1-3H3. The number of halogens is 2. The molecule has 0 saturated carbocycles. The Morgan fingerprint density at radius 1 is 0.909 bits per heavy atom. The van der Waals surface area contributed by atoms with Crippen LogP contribution in [0.1, 0.15) is 0 Å². The van der Waals surface area contributed by atoms with Crippen LogP contribution < -0.4 is 19.3 Å². The third kappa shape index (κ3) is 6.50. The highest BCUT2D eigenvalue weighted by Gasteiger charge is 2.24. The molecule has 0 amide bonds. The van der Waals surface area contributed by atoms with Crippen LogP contribution in [0.5, 0.6) is 11.5 Å². The molecule has 0 atom stereocenters. The highest BCUT2D eigenvalue weighted by molar-refractivity contribution is 6.32. The van der Waals surface area contributed by atoms with Gasteiger partial charge in [-0.2, -0.15) is 0 Å². The number of anilines is 2. The molecular formula is C20H24Cl2N4O7. The minimum absolute atomic E-state index is 0.0114. The topological polar surface area (TPSA) is 120 Å². The van der Waals surface area contributed by atoms with Crippen LogP contribution in [0, 0.1) is 20.2 Å². The van der Waals surface area contributed by atoms with Crippen molar-refractivity contribution in [1.82, 2.24) is 0 Å². The number of nitro benzene ring substituents is 2. The Labute approximate surface area is 200 Å². The van der Waals surface area contributed by atoms with Gasteiger partial charge in [0.2, 0.25) is 0 Å². The van der Waals surface area contributed by atoms with Crippen LogP contribution in [0.4, 0.5) is 22.7 Å². The first-order valence-electron chi connectivity index (χ1n) is 9.64. The third-order valence-corrected chi connectivity index (χ3v) is 5.32. The Kier molecular flexibility index (Phi) is 9.32. The number of rotatable bonds is 6. The summed E-state index contributed by atoms with van der Waals surface area (Å²) in [5.74, 6) is 0.856. The van der Waals surface area contributed by atoms with Gasteiger partial charge in [0.05, 0.1) is 47.3 Å². The smallest absolute Gasteiger partial charge is 0.294 e. The molecule has 0 N–H and O–H groups in total. The van der Waals surface area contributed by atoms with E-state index in [-0.39, 0.29) is 21.4 Å². The molecule has 180 valence electrons. The molecule has 2 aromatic rings. The van der Waals surface area contributed by atoms with E-state index in [1.165, 1.54) is 26.4 Å². The van der Waals surface area contributed by atoms with Crippen LogP contribution in [0.15, 0.2) is 24.3 Å². The minimum Gasteiger partial charge on any atom is -0.495 e. The SMILES string of the molecule is COc1cc(N(C)C)c([N+](=O)[O-])cc1Cl.COc1cc(N2CCOCC2)c([N+](=O)[O-])cc1Cl. The number of nitrogens with zero attached hydrogens (tertiary/aromatic N) is 4. The predicted octanol–water partition coefficient (Wildman–Crippen LogP) is 4.42. The summed E-state index contributed by atoms with van der Waals surface area (Å²) in [6, 6.07) is 5.76. The first-order chi connectivity index (χ1) is 15.6. The van der Waals surface area contributed by atoms with Crippen molar-refractivity contribution in [2.75, 3.05) is 64.4 Å². The van der Waals surface area contributed by atoms with Crippen molar-refractivity contribution < 1.29 is 24.1 Å². The number of morpholine rings is 1. The lowest BCUT2D eigenvalue weighted by Crippen LogP contribution is -2.36. The molecule has 3 rings (SSSR count). The molecule has 1 heterocycles. The van der Waals surface area contributed by atoms with Gasteiger partial charge in [-0.15, -0.1) is 0 Å². The Hall–Kier alpha value is -3.02. The number of nitro groups is 2. The van der Waals surface area contributed by atoms with Crippen LogP contribution in [0.3, 0.4) is 0 Å². The second-order valence-corrected chi connectivity index (χ2v) is 7.77. The lowest BCUT2D eigenvalue weighted by Gasteiger charge is -2.28. The molecule has 1 saturated heterocycles. The molecule has 11 nitrogen and oxygen atoms in total. The zero-order valence-corrected chi connectivity index (χ0v) is 20.1. The first-order valence-corrected chi connectivity index (χ1v) is 10.4. The van der Waals surface area contributed by atoms with Gasteiger partial charge in [-0.3, -0.25) is 20.2 Å². The molecule has 0 spiro atoms. The molecule has 0 aliphatic carbocycles. The van der Waals surface area contributed by atoms with E-state index in [4.69, 9.17) is 37.4 Å². The van der Waals surface area contributed by atoms with Gasteiger partial charge in [-0.1, -0.05) is 23.2 Å². The fourth-order valence-electron chi connectivity index (χ4n) is 3.09. The molecule has 0 unspecified atom stereocenters. The zero-order valence-electron chi connectivity index (χ0n) is 18.5. The van der Waals surface area contributed by atoms with Crippen molar-refractivity contribution in [3.63, 3.8) is 0 Å². The first kappa shape index (κ1) is 26.2. The molecule has 2 aromatic carbocycles. The van der Waals surface area contributed by atoms with Gasteiger partial charge in [0.25, 0.3) is 11.4 Å². The number of benzene rings is 2. The summed E-state index contributed by atoms with van der Waals surface area (Å²) >= 11 is 11.7. The lowest BCUT2D eigenvalue weighted by molar-refractivity contribution is -0.384. The molecule has 13 heteroatoms. The normalized spacial score (nSPS) is 13.0. The highest BCUT2D eigenvalue weighted by atomic mass is 35.5. The van der Waals surface area contributed by atoms with Crippen LogP contribution in [-0.4, -0.2) is 64.5 Å². The maximum Gasteiger partial charge on any atom is 0.294 e. The van der Waals surface area contributed by atoms with Crippen LogP contribution in [0.2, 0.25) is 10.0 Å². The van der Waals surface area contributed by atoms with Crippen LogP contribution in [0.25, 0.3) is 0 Å². The summed E-state index contributed by atoms with van der Waals surface area (Å²) < 4.78 is 15.3. The van der Waals surface area contributed by atoms with Crippen molar-refractivity contribution in [3.8, 4) is 11.5 Å². The van der Waals surface area contributed by atoms with E-state index in [9.17, 15) is 20.2 Å². The summed E-state index contributed by atoms with van der Waals surface area (Å²) in [5, 5.41) is 22.3. The molecule has 33 heavy (non-hydrogen) atoms. The van der Waals surface area contributed by atoms with E-state index in [0.29, 0.717) is 49.2 Å². The van der Waals surface area contributed by atoms with Gasteiger partial charge in [0, 0.05) is 51.5 Å². The zero-order chi connectivity index (χ0) is 24.7. The predicted molar refractivity (Wildman–Crippen MR) is 127 cm³/mol. The molecule has 1 fully saturated rings. The summed E-state index contributed by atoms with van der Waals surface area (Å²) in [4.78, 5) is 24.5. The minimum atomic E-state index is -0.472. The Bertz CT molecular complexity index is 1010. The number of hydrogen-bond acceptors (Lipinski definition) is 9. The average Bonchev–Trinajstić information content (AvgIpc) is 2.79. The third-order valence-electron chi connectivity index (χ3n) is 4.72. The fraction of sp³-hybridized carbons (Fsp3) is 0.400. The number of methoxy groups -OCH3 is 2. The van der Waals surface area contributed by atoms with E-state index < -0.39 is 9.85 Å². The van der Waals surface area contributed by atoms with Gasteiger partial charge in [0.15, 0.2) is 0 Å². The largest absolute Gasteiger partial charge is 0.495 e. The van der Waals surface area contributed by atoms with E-state index in [1.807, 2.05) is 4.90 Å². The van der Waals surface area contributed by atoms with Crippen molar-refractivity contribution in [2.45, 2.75) is 0 Å².